The van der Waals surface area contributed by atoms with Crippen LogP contribution in [0.5, 0.6) is 5.75 Å². The number of rotatable bonds is 5. The Labute approximate surface area is 101 Å². The molecule has 0 saturated heterocycles. The molecule has 0 aromatic heterocycles. The molecule has 0 N–H and O–H groups in total. The van der Waals surface area contributed by atoms with Gasteiger partial charge in [-0.2, -0.15) is 0 Å². The lowest BCUT2D eigenvalue weighted by Gasteiger charge is -2.07. The highest BCUT2D eigenvalue weighted by Gasteiger charge is 2.00. The minimum Gasteiger partial charge on any atom is -0.491 e. The first-order chi connectivity index (χ1) is 6.77. The van der Waals surface area contributed by atoms with Gasteiger partial charge in [0.2, 0.25) is 0 Å². The highest BCUT2D eigenvalue weighted by Crippen LogP contribution is 2.24. The quantitative estimate of drug-likeness (QED) is 0.611. The average Bonchev–Trinajstić information content (AvgIpc) is 2.21. The van der Waals surface area contributed by atoms with E-state index in [0.717, 1.165) is 15.6 Å². The molecule has 0 saturated carbocycles. The van der Waals surface area contributed by atoms with Crippen molar-refractivity contribution in [3.63, 3.8) is 0 Å². The minimum atomic E-state index is 0.583. The highest BCUT2D eigenvalue weighted by atomic mass is 79.9. The van der Waals surface area contributed by atoms with Crippen molar-refractivity contribution in [2.75, 3.05) is 20.3 Å². The normalized spacial score (nSPS) is 10.2. The van der Waals surface area contributed by atoms with Crippen LogP contribution in [0.1, 0.15) is 5.56 Å². The molecule has 78 valence electrons. The lowest BCUT2D eigenvalue weighted by Crippen LogP contribution is -2.04. The van der Waals surface area contributed by atoms with Crippen molar-refractivity contribution in [1.29, 1.82) is 0 Å². The van der Waals surface area contributed by atoms with Crippen LogP contribution >= 0.6 is 31.9 Å². The summed E-state index contributed by atoms with van der Waals surface area (Å²) < 4.78 is 11.5. The van der Waals surface area contributed by atoms with E-state index in [1.807, 2.05) is 18.2 Å². The van der Waals surface area contributed by atoms with Crippen molar-refractivity contribution >= 4 is 31.9 Å². The molecule has 2 nitrogen and oxygen atoms in total. The van der Waals surface area contributed by atoms with Crippen LogP contribution in [0.25, 0.3) is 0 Å². The molecule has 0 radical (unpaired) electrons. The third kappa shape index (κ3) is 3.59. The zero-order chi connectivity index (χ0) is 10.4. The molecule has 4 heteroatoms. The summed E-state index contributed by atoms with van der Waals surface area (Å²) in [6, 6.07) is 5.93. The van der Waals surface area contributed by atoms with Gasteiger partial charge in [-0.3, -0.25) is 0 Å². The summed E-state index contributed by atoms with van der Waals surface area (Å²) in [6.45, 7) is 1.19. The fourth-order valence-electron chi connectivity index (χ4n) is 0.986. The van der Waals surface area contributed by atoms with Gasteiger partial charge in [-0.1, -0.05) is 31.9 Å². The summed E-state index contributed by atoms with van der Waals surface area (Å²) in [5, 5.41) is 0.815. The minimum absolute atomic E-state index is 0.583. The molecule has 1 aromatic rings. The van der Waals surface area contributed by atoms with Crippen molar-refractivity contribution in [2.45, 2.75) is 5.33 Å². The van der Waals surface area contributed by atoms with E-state index in [0.29, 0.717) is 13.2 Å². The van der Waals surface area contributed by atoms with Gasteiger partial charge >= 0.3 is 0 Å². The number of halogens is 2. The molecule has 1 rings (SSSR count). The third-order valence-electron chi connectivity index (χ3n) is 1.72. The fourth-order valence-corrected chi connectivity index (χ4v) is 2.21. The highest BCUT2D eigenvalue weighted by molar-refractivity contribution is 9.10. The number of ether oxygens (including phenoxy) is 2. The summed E-state index contributed by atoms with van der Waals surface area (Å²) in [4.78, 5) is 0. The second-order valence-electron chi connectivity index (χ2n) is 2.73. The summed E-state index contributed by atoms with van der Waals surface area (Å²) in [6.07, 6.45) is 0. The van der Waals surface area contributed by atoms with Crippen LogP contribution in [-0.4, -0.2) is 20.3 Å². The van der Waals surface area contributed by atoms with Gasteiger partial charge in [-0.15, -0.1) is 0 Å². The Morgan fingerprint density at radius 1 is 1.29 bits per heavy atom. The topological polar surface area (TPSA) is 18.5 Å². The Morgan fingerprint density at radius 3 is 2.71 bits per heavy atom. The number of methoxy groups -OCH3 is 1. The van der Waals surface area contributed by atoms with Crippen LogP contribution in [0.4, 0.5) is 0 Å². The van der Waals surface area contributed by atoms with E-state index in [9.17, 15) is 0 Å². The Kier molecular flexibility index (Phi) is 5.52. The molecule has 0 aliphatic carbocycles. The van der Waals surface area contributed by atoms with Crippen molar-refractivity contribution in [2.24, 2.45) is 0 Å². The molecule has 0 bridgehead atoms. The molecule has 0 fully saturated rings. The fraction of sp³-hybridized carbons (Fsp3) is 0.400. The van der Waals surface area contributed by atoms with Crippen molar-refractivity contribution < 1.29 is 9.47 Å². The number of hydrogen-bond acceptors (Lipinski definition) is 2. The summed E-state index contributed by atoms with van der Waals surface area (Å²) in [5.74, 6) is 0.875. The summed E-state index contributed by atoms with van der Waals surface area (Å²) in [7, 11) is 1.66. The zero-order valence-electron chi connectivity index (χ0n) is 7.93. The maximum atomic E-state index is 5.48. The first kappa shape index (κ1) is 12.0. The Hall–Kier alpha value is -0.0600. The second kappa shape index (κ2) is 6.43. The van der Waals surface area contributed by atoms with Crippen molar-refractivity contribution in [3.05, 3.63) is 28.2 Å². The molecule has 0 spiro atoms. The van der Waals surface area contributed by atoms with E-state index in [-0.39, 0.29) is 0 Å². The van der Waals surface area contributed by atoms with Crippen molar-refractivity contribution in [1.82, 2.24) is 0 Å². The summed E-state index contributed by atoms with van der Waals surface area (Å²) >= 11 is 6.88. The summed E-state index contributed by atoms with van der Waals surface area (Å²) in [5.41, 5.74) is 1.18. The zero-order valence-corrected chi connectivity index (χ0v) is 11.1. The average molecular weight is 324 g/mol. The van der Waals surface area contributed by atoms with Gasteiger partial charge in [0.25, 0.3) is 0 Å². The molecule has 0 atom stereocenters. The Bertz CT molecular complexity index is 289. The number of benzene rings is 1. The molecule has 0 heterocycles. The van der Waals surface area contributed by atoms with Gasteiger partial charge in [0, 0.05) is 16.9 Å². The van der Waals surface area contributed by atoms with E-state index in [1.165, 1.54) is 5.56 Å². The van der Waals surface area contributed by atoms with E-state index in [4.69, 9.17) is 9.47 Å². The smallest absolute Gasteiger partial charge is 0.119 e. The van der Waals surface area contributed by atoms with Gasteiger partial charge < -0.3 is 9.47 Å². The van der Waals surface area contributed by atoms with Crippen molar-refractivity contribution in [3.8, 4) is 5.75 Å². The van der Waals surface area contributed by atoms with E-state index >= 15 is 0 Å². The van der Waals surface area contributed by atoms with Crippen LogP contribution in [0.2, 0.25) is 0 Å². The first-order valence-corrected chi connectivity index (χ1v) is 6.15. The lowest BCUT2D eigenvalue weighted by molar-refractivity contribution is 0.146. The number of alkyl halides is 1. The molecule has 0 aliphatic rings. The van der Waals surface area contributed by atoms with Gasteiger partial charge in [0.1, 0.15) is 12.4 Å². The van der Waals surface area contributed by atoms with E-state index in [2.05, 4.69) is 31.9 Å². The van der Waals surface area contributed by atoms with Gasteiger partial charge in [0.05, 0.1) is 6.61 Å². The van der Waals surface area contributed by atoms with Gasteiger partial charge in [-0.25, -0.2) is 0 Å². The third-order valence-corrected chi connectivity index (χ3v) is 3.10. The first-order valence-electron chi connectivity index (χ1n) is 4.24. The van der Waals surface area contributed by atoms with E-state index in [1.54, 1.807) is 7.11 Å². The SMILES string of the molecule is COCCOc1ccc(Br)c(CBr)c1. The van der Waals surface area contributed by atoms with Crippen LogP contribution in [0.3, 0.4) is 0 Å². The van der Waals surface area contributed by atoms with Crippen LogP contribution in [0, 0.1) is 0 Å². The monoisotopic (exact) mass is 322 g/mol. The molecule has 0 amide bonds. The molecule has 0 aliphatic heterocycles. The molecule has 14 heavy (non-hydrogen) atoms. The maximum absolute atomic E-state index is 5.48. The predicted molar refractivity (Wildman–Crippen MR) is 64.1 cm³/mol. The van der Waals surface area contributed by atoms with Gasteiger partial charge in [-0.05, 0) is 23.8 Å². The molecular formula is C10H12Br2O2. The lowest BCUT2D eigenvalue weighted by atomic mass is 10.2. The largest absolute Gasteiger partial charge is 0.491 e. The Morgan fingerprint density at radius 2 is 2.07 bits per heavy atom. The second-order valence-corrected chi connectivity index (χ2v) is 4.14. The van der Waals surface area contributed by atoms with Crippen LogP contribution in [-0.2, 0) is 10.1 Å². The molecular weight excluding hydrogens is 312 g/mol. The van der Waals surface area contributed by atoms with Crippen LogP contribution in [0.15, 0.2) is 22.7 Å². The number of hydrogen-bond donors (Lipinski definition) is 0. The predicted octanol–water partition coefficient (Wildman–Crippen LogP) is 3.37. The van der Waals surface area contributed by atoms with Gasteiger partial charge in [0.15, 0.2) is 0 Å². The van der Waals surface area contributed by atoms with Crippen LogP contribution < -0.4 is 4.74 Å². The maximum Gasteiger partial charge on any atom is 0.119 e. The Balaban J connectivity index is 2.60. The molecule has 0 unspecified atom stereocenters. The standard InChI is InChI=1S/C10H12Br2O2/c1-13-4-5-14-9-2-3-10(12)8(6-9)7-11/h2-3,6H,4-5,7H2,1H3. The molecule has 1 aromatic carbocycles. The van der Waals surface area contributed by atoms with E-state index < -0.39 is 0 Å².